The van der Waals surface area contributed by atoms with Crippen LogP contribution >= 0.6 is 11.3 Å². The van der Waals surface area contributed by atoms with Crippen molar-refractivity contribution >= 4 is 21.4 Å². The van der Waals surface area contributed by atoms with Crippen LogP contribution in [0, 0.1) is 5.82 Å². The largest absolute Gasteiger partial charge is 0.497 e. The van der Waals surface area contributed by atoms with Crippen LogP contribution in [0.1, 0.15) is 5.69 Å². The number of nitrogens with zero attached hydrogens (tertiary/aromatic N) is 1. The minimum Gasteiger partial charge on any atom is -0.497 e. The average molecular weight is 392 g/mol. The van der Waals surface area contributed by atoms with Crippen molar-refractivity contribution in [1.29, 1.82) is 0 Å². The molecule has 5 nitrogen and oxygen atoms in total. The molecule has 0 aliphatic rings. The number of aromatic nitrogens is 1. The minimum atomic E-state index is -3.88. The molecule has 1 aromatic heterocycles. The van der Waals surface area contributed by atoms with Crippen molar-refractivity contribution in [3.05, 3.63) is 65.4 Å². The van der Waals surface area contributed by atoms with Crippen molar-refractivity contribution in [2.45, 2.75) is 11.3 Å². The number of thiazole rings is 1. The SMILES string of the molecule is COc1cccc(-c2nc(CCNS(=O)(=O)c3ccccc3F)cs2)c1. The fourth-order valence-corrected chi connectivity index (χ4v) is 4.32. The number of sulfonamides is 1. The zero-order chi connectivity index (χ0) is 18.6. The molecule has 0 saturated heterocycles. The van der Waals surface area contributed by atoms with Gasteiger partial charge in [0.1, 0.15) is 21.5 Å². The standard InChI is InChI=1S/C18H17FN2O3S2/c1-24-15-6-4-5-13(11-15)18-21-14(12-25-18)9-10-20-26(22,23)17-8-3-2-7-16(17)19/h2-8,11-12,20H,9-10H2,1H3. The maximum atomic E-state index is 13.6. The van der Waals surface area contributed by atoms with Gasteiger partial charge < -0.3 is 4.74 Å². The van der Waals surface area contributed by atoms with Gasteiger partial charge in [-0.2, -0.15) is 0 Å². The van der Waals surface area contributed by atoms with Crippen molar-refractivity contribution < 1.29 is 17.5 Å². The highest BCUT2D eigenvalue weighted by molar-refractivity contribution is 7.89. The third kappa shape index (κ3) is 4.27. The number of rotatable bonds is 7. The topological polar surface area (TPSA) is 68.3 Å². The summed E-state index contributed by atoms with van der Waals surface area (Å²) in [6.07, 6.45) is 0.411. The molecule has 0 unspecified atom stereocenters. The first-order valence-corrected chi connectivity index (χ1v) is 10.2. The van der Waals surface area contributed by atoms with Gasteiger partial charge in [-0.3, -0.25) is 0 Å². The molecule has 2 aromatic carbocycles. The maximum Gasteiger partial charge on any atom is 0.243 e. The number of methoxy groups -OCH3 is 1. The van der Waals surface area contributed by atoms with Crippen molar-refractivity contribution in [2.24, 2.45) is 0 Å². The van der Waals surface area contributed by atoms with E-state index in [1.165, 1.54) is 29.5 Å². The lowest BCUT2D eigenvalue weighted by molar-refractivity contribution is 0.415. The molecule has 0 saturated carbocycles. The van der Waals surface area contributed by atoms with Gasteiger partial charge in [-0.15, -0.1) is 11.3 Å². The van der Waals surface area contributed by atoms with Gasteiger partial charge in [0.05, 0.1) is 12.8 Å². The van der Waals surface area contributed by atoms with Gasteiger partial charge in [-0.1, -0.05) is 24.3 Å². The second-order valence-corrected chi connectivity index (χ2v) is 8.05. The van der Waals surface area contributed by atoms with Gasteiger partial charge >= 0.3 is 0 Å². The van der Waals surface area contributed by atoms with E-state index >= 15 is 0 Å². The Labute approximate surface area is 155 Å². The van der Waals surface area contributed by atoms with E-state index in [0.717, 1.165) is 28.1 Å². The lowest BCUT2D eigenvalue weighted by Crippen LogP contribution is -2.26. The monoisotopic (exact) mass is 392 g/mol. The van der Waals surface area contributed by atoms with E-state index in [2.05, 4.69) is 9.71 Å². The van der Waals surface area contributed by atoms with Crippen LogP contribution in [0.4, 0.5) is 4.39 Å². The predicted octanol–water partition coefficient (Wildman–Crippen LogP) is 3.48. The molecule has 0 spiro atoms. The number of nitrogens with one attached hydrogen (secondary N) is 1. The number of hydrogen-bond donors (Lipinski definition) is 1. The fraction of sp³-hybridized carbons (Fsp3) is 0.167. The quantitative estimate of drug-likeness (QED) is 0.668. The van der Waals surface area contributed by atoms with Gasteiger partial charge in [-0.25, -0.2) is 22.5 Å². The Hall–Kier alpha value is -2.29. The fourth-order valence-electron chi connectivity index (χ4n) is 2.36. The second kappa shape index (κ2) is 7.94. The van der Waals surface area contributed by atoms with Crippen LogP contribution in [0.5, 0.6) is 5.75 Å². The Morgan fingerprint density at radius 3 is 2.77 bits per heavy atom. The zero-order valence-corrected chi connectivity index (χ0v) is 15.6. The summed E-state index contributed by atoms with van der Waals surface area (Å²) in [5.41, 5.74) is 1.71. The number of benzene rings is 2. The molecule has 0 atom stereocenters. The van der Waals surface area contributed by atoms with Gasteiger partial charge in [0.2, 0.25) is 10.0 Å². The smallest absolute Gasteiger partial charge is 0.243 e. The highest BCUT2D eigenvalue weighted by Gasteiger charge is 2.18. The third-order valence-corrected chi connectivity index (χ3v) is 6.10. The van der Waals surface area contributed by atoms with E-state index in [-0.39, 0.29) is 11.4 Å². The van der Waals surface area contributed by atoms with Crippen molar-refractivity contribution in [1.82, 2.24) is 9.71 Å². The molecule has 136 valence electrons. The Morgan fingerprint density at radius 1 is 1.19 bits per heavy atom. The van der Waals surface area contributed by atoms with E-state index < -0.39 is 15.8 Å². The van der Waals surface area contributed by atoms with Crippen LogP contribution < -0.4 is 9.46 Å². The lowest BCUT2D eigenvalue weighted by atomic mass is 10.2. The summed E-state index contributed by atoms with van der Waals surface area (Å²) in [5.74, 6) is -0.0223. The zero-order valence-electron chi connectivity index (χ0n) is 14.0. The van der Waals surface area contributed by atoms with E-state index in [0.29, 0.717) is 6.42 Å². The molecule has 1 N–H and O–H groups in total. The number of hydrogen-bond acceptors (Lipinski definition) is 5. The molecule has 1 heterocycles. The van der Waals surface area contributed by atoms with E-state index in [1.807, 2.05) is 29.6 Å². The van der Waals surface area contributed by atoms with Crippen molar-refractivity contribution in [3.63, 3.8) is 0 Å². The lowest BCUT2D eigenvalue weighted by Gasteiger charge is -2.06. The summed E-state index contributed by atoms with van der Waals surface area (Å²) in [6, 6.07) is 12.9. The van der Waals surface area contributed by atoms with Crippen LogP contribution in [0.2, 0.25) is 0 Å². The molecular weight excluding hydrogens is 375 g/mol. The predicted molar refractivity (Wildman–Crippen MR) is 99.4 cm³/mol. The van der Waals surface area contributed by atoms with Crippen molar-refractivity contribution in [2.75, 3.05) is 13.7 Å². The molecule has 0 aliphatic heterocycles. The maximum absolute atomic E-state index is 13.6. The molecule has 0 amide bonds. The minimum absolute atomic E-state index is 0.137. The van der Waals surface area contributed by atoms with Gasteiger partial charge in [-0.05, 0) is 24.3 Å². The first-order valence-electron chi connectivity index (χ1n) is 7.82. The Balaban J connectivity index is 1.64. The molecule has 0 fully saturated rings. The first-order chi connectivity index (χ1) is 12.5. The Bertz CT molecular complexity index is 1000. The summed E-state index contributed by atoms with van der Waals surface area (Å²) in [4.78, 5) is 4.17. The summed E-state index contributed by atoms with van der Waals surface area (Å²) >= 11 is 1.47. The summed E-state index contributed by atoms with van der Waals surface area (Å²) < 4.78 is 45.6. The van der Waals surface area contributed by atoms with E-state index in [4.69, 9.17) is 4.74 Å². The molecule has 3 rings (SSSR count). The second-order valence-electron chi connectivity index (χ2n) is 5.45. The summed E-state index contributed by atoms with van der Waals surface area (Å²) in [5, 5.41) is 2.71. The van der Waals surface area contributed by atoms with Gasteiger partial charge in [0.25, 0.3) is 0 Å². The van der Waals surface area contributed by atoms with Crippen LogP contribution in [-0.2, 0) is 16.4 Å². The highest BCUT2D eigenvalue weighted by atomic mass is 32.2. The normalized spacial score (nSPS) is 11.5. The average Bonchev–Trinajstić information content (AvgIpc) is 3.11. The van der Waals surface area contributed by atoms with Gasteiger partial charge in [0, 0.05) is 23.9 Å². The van der Waals surface area contributed by atoms with Crippen molar-refractivity contribution in [3.8, 4) is 16.3 Å². The highest BCUT2D eigenvalue weighted by Crippen LogP contribution is 2.27. The molecular formula is C18H17FN2O3S2. The summed E-state index contributed by atoms with van der Waals surface area (Å²) in [6.45, 7) is 0.137. The van der Waals surface area contributed by atoms with E-state index in [9.17, 15) is 12.8 Å². The first kappa shape index (κ1) is 18.5. The Morgan fingerprint density at radius 2 is 2.00 bits per heavy atom. The summed E-state index contributed by atoms with van der Waals surface area (Å²) in [7, 11) is -2.28. The molecule has 3 aromatic rings. The molecule has 0 aliphatic carbocycles. The Kier molecular flexibility index (Phi) is 5.65. The van der Waals surface area contributed by atoms with E-state index in [1.54, 1.807) is 7.11 Å². The van der Waals surface area contributed by atoms with Crippen LogP contribution in [0.3, 0.4) is 0 Å². The van der Waals surface area contributed by atoms with Crippen LogP contribution in [0.15, 0.2) is 58.8 Å². The molecule has 8 heteroatoms. The third-order valence-electron chi connectivity index (χ3n) is 3.67. The number of halogens is 1. The molecule has 26 heavy (non-hydrogen) atoms. The van der Waals surface area contributed by atoms with Gasteiger partial charge in [0.15, 0.2) is 0 Å². The van der Waals surface area contributed by atoms with Crippen LogP contribution in [0.25, 0.3) is 10.6 Å². The molecule has 0 bridgehead atoms. The number of ether oxygens (including phenoxy) is 1. The van der Waals surface area contributed by atoms with Crippen LogP contribution in [-0.4, -0.2) is 27.1 Å². The molecule has 0 radical (unpaired) electrons.